The number of nitrogen functional groups attached to an aromatic ring is 1. The van der Waals surface area contributed by atoms with E-state index in [1.807, 2.05) is 20.8 Å². The summed E-state index contributed by atoms with van der Waals surface area (Å²) in [5.74, 6) is 7.39. The monoisotopic (exact) mass is 300 g/mol. The average Bonchev–Trinajstić information content (AvgIpc) is 2.92. The van der Waals surface area contributed by atoms with Crippen LogP contribution in [0, 0.1) is 0 Å². The van der Waals surface area contributed by atoms with Crippen molar-refractivity contribution < 1.29 is 4.74 Å². The van der Waals surface area contributed by atoms with Gasteiger partial charge in [-0.15, -0.1) is 20.4 Å². The van der Waals surface area contributed by atoms with Gasteiger partial charge in [-0.25, -0.2) is 4.68 Å². The first-order chi connectivity index (χ1) is 8.91. The lowest BCUT2D eigenvalue weighted by Gasteiger charge is -2.16. The number of methoxy groups -OCH3 is 1. The summed E-state index contributed by atoms with van der Waals surface area (Å²) >= 11 is 2.88. The molecular formula is C10H16N6OS2. The number of nitrogens with zero attached hydrogens (tertiary/aromatic N) is 5. The van der Waals surface area contributed by atoms with E-state index >= 15 is 0 Å². The molecule has 0 fully saturated rings. The molecular weight excluding hydrogens is 284 g/mol. The first kappa shape index (κ1) is 14.1. The van der Waals surface area contributed by atoms with Crippen LogP contribution in [0.2, 0.25) is 0 Å². The Hall–Kier alpha value is -1.35. The van der Waals surface area contributed by atoms with E-state index in [4.69, 9.17) is 10.6 Å². The minimum atomic E-state index is -0.132. The molecule has 2 N–H and O–H groups in total. The number of hydrogen-bond donors (Lipinski definition) is 1. The van der Waals surface area contributed by atoms with Crippen LogP contribution in [-0.4, -0.2) is 32.2 Å². The van der Waals surface area contributed by atoms with Gasteiger partial charge in [0.15, 0.2) is 5.82 Å². The smallest absolute Gasteiger partial charge is 0.293 e. The van der Waals surface area contributed by atoms with Crippen LogP contribution in [0.5, 0.6) is 5.19 Å². The van der Waals surface area contributed by atoms with Crippen molar-refractivity contribution in [1.82, 2.24) is 25.1 Å². The highest BCUT2D eigenvalue weighted by atomic mass is 32.2. The van der Waals surface area contributed by atoms with Crippen molar-refractivity contribution in [3.05, 3.63) is 10.8 Å². The quantitative estimate of drug-likeness (QED) is 0.674. The number of rotatable bonds is 4. The third-order valence-corrected chi connectivity index (χ3v) is 4.30. The normalized spacial score (nSPS) is 11.8. The van der Waals surface area contributed by atoms with Crippen LogP contribution in [0.4, 0.5) is 0 Å². The Labute approximate surface area is 119 Å². The fourth-order valence-corrected chi connectivity index (χ4v) is 2.89. The molecule has 0 saturated heterocycles. The molecule has 9 heteroatoms. The summed E-state index contributed by atoms with van der Waals surface area (Å²) in [6, 6.07) is 0. The van der Waals surface area contributed by atoms with Gasteiger partial charge in [-0.1, -0.05) is 43.9 Å². The molecule has 0 aromatic carbocycles. The topological polar surface area (TPSA) is 91.7 Å². The van der Waals surface area contributed by atoms with Gasteiger partial charge in [-0.05, 0) is 0 Å². The SMILES string of the molecule is COc1nnc(CSc2nnc(C(C)(C)C)n2N)s1. The van der Waals surface area contributed by atoms with Crippen LogP contribution in [0.3, 0.4) is 0 Å². The summed E-state index contributed by atoms with van der Waals surface area (Å²) in [7, 11) is 1.57. The van der Waals surface area contributed by atoms with Crippen LogP contribution >= 0.6 is 23.1 Å². The molecule has 0 saturated carbocycles. The Bertz CT molecular complexity index is 559. The molecule has 19 heavy (non-hydrogen) atoms. The Morgan fingerprint density at radius 2 is 2.00 bits per heavy atom. The van der Waals surface area contributed by atoms with Crippen molar-refractivity contribution in [2.75, 3.05) is 13.0 Å². The molecule has 0 amide bonds. The van der Waals surface area contributed by atoms with Crippen molar-refractivity contribution in [1.29, 1.82) is 0 Å². The highest BCUT2D eigenvalue weighted by Crippen LogP contribution is 2.27. The highest BCUT2D eigenvalue weighted by molar-refractivity contribution is 7.98. The Morgan fingerprint density at radius 1 is 1.26 bits per heavy atom. The number of thioether (sulfide) groups is 1. The molecule has 2 aromatic heterocycles. The van der Waals surface area contributed by atoms with Crippen molar-refractivity contribution >= 4 is 23.1 Å². The lowest BCUT2D eigenvalue weighted by molar-refractivity contribution is 0.407. The standard InChI is InChI=1S/C10H16N6OS2/c1-10(2,3)7-13-14-8(16(7)11)18-5-6-12-15-9(17-4)19-6/h5,11H2,1-4H3. The minimum absolute atomic E-state index is 0.132. The molecule has 0 atom stereocenters. The third kappa shape index (κ3) is 3.16. The summed E-state index contributed by atoms with van der Waals surface area (Å²) in [5, 5.41) is 18.2. The molecule has 7 nitrogen and oxygen atoms in total. The first-order valence-corrected chi connectivity index (χ1v) is 7.42. The largest absolute Gasteiger partial charge is 0.472 e. The molecule has 0 aliphatic rings. The zero-order chi connectivity index (χ0) is 14.0. The van der Waals surface area contributed by atoms with Gasteiger partial charge >= 0.3 is 0 Å². The van der Waals surface area contributed by atoms with Gasteiger partial charge in [0.05, 0.1) is 12.9 Å². The molecule has 0 unspecified atom stereocenters. The van der Waals surface area contributed by atoms with Crippen molar-refractivity contribution in [2.45, 2.75) is 37.1 Å². The van der Waals surface area contributed by atoms with Gasteiger partial charge in [0.25, 0.3) is 5.19 Å². The second-order valence-corrected chi connectivity index (χ2v) is 6.85. The van der Waals surface area contributed by atoms with Crippen LogP contribution in [0.1, 0.15) is 31.6 Å². The predicted molar refractivity (Wildman–Crippen MR) is 74.9 cm³/mol. The van der Waals surface area contributed by atoms with Crippen molar-refractivity contribution in [3.63, 3.8) is 0 Å². The summed E-state index contributed by atoms with van der Waals surface area (Å²) in [6.45, 7) is 6.14. The predicted octanol–water partition coefficient (Wildman–Crippen LogP) is 1.44. The van der Waals surface area contributed by atoms with Crippen molar-refractivity contribution in [3.8, 4) is 5.19 Å². The van der Waals surface area contributed by atoms with Crippen LogP contribution in [-0.2, 0) is 11.2 Å². The zero-order valence-electron chi connectivity index (χ0n) is 11.2. The number of hydrogen-bond acceptors (Lipinski definition) is 8. The maximum Gasteiger partial charge on any atom is 0.293 e. The molecule has 0 aliphatic heterocycles. The van der Waals surface area contributed by atoms with Gasteiger partial charge in [-0.2, -0.15) is 0 Å². The summed E-state index contributed by atoms with van der Waals surface area (Å²) in [4.78, 5) is 0. The molecule has 104 valence electrons. The van der Waals surface area contributed by atoms with Crippen LogP contribution in [0.15, 0.2) is 5.16 Å². The fraction of sp³-hybridized carbons (Fsp3) is 0.600. The van der Waals surface area contributed by atoms with Gasteiger partial charge < -0.3 is 10.6 Å². The van der Waals surface area contributed by atoms with Gasteiger partial charge in [0, 0.05) is 5.41 Å². The third-order valence-electron chi connectivity index (χ3n) is 2.28. The van der Waals surface area contributed by atoms with E-state index in [0.29, 0.717) is 16.1 Å². The summed E-state index contributed by atoms with van der Waals surface area (Å²) in [6.07, 6.45) is 0. The molecule has 0 aliphatic carbocycles. The molecule has 2 heterocycles. The minimum Gasteiger partial charge on any atom is -0.472 e. The molecule has 0 bridgehead atoms. The second-order valence-electron chi connectivity index (χ2n) is 4.88. The maximum atomic E-state index is 6.00. The summed E-state index contributed by atoms with van der Waals surface area (Å²) in [5.41, 5.74) is -0.132. The number of nitrogens with two attached hydrogens (primary N) is 1. The molecule has 0 spiro atoms. The van der Waals surface area contributed by atoms with E-state index in [9.17, 15) is 0 Å². The van der Waals surface area contributed by atoms with E-state index in [1.54, 1.807) is 7.11 Å². The van der Waals surface area contributed by atoms with Crippen LogP contribution < -0.4 is 10.6 Å². The summed E-state index contributed by atoms with van der Waals surface area (Å²) < 4.78 is 6.53. The number of aromatic nitrogens is 5. The molecule has 2 aromatic rings. The van der Waals surface area contributed by atoms with E-state index in [-0.39, 0.29) is 5.41 Å². The van der Waals surface area contributed by atoms with E-state index in [1.165, 1.54) is 27.8 Å². The Kier molecular flexibility index (Phi) is 3.95. The second kappa shape index (κ2) is 5.33. The Balaban J connectivity index is 2.06. The van der Waals surface area contributed by atoms with Gasteiger partial charge in [-0.3, -0.25) is 0 Å². The maximum absolute atomic E-state index is 6.00. The first-order valence-electron chi connectivity index (χ1n) is 5.62. The number of ether oxygens (including phenoxy) is 1. The fourth-order valence-electron chi connectivity index (χ4n) is 1.39. The molecule has 0 radical (unpaired) electrons. The lowest BCUT2D eigenvalue weighted by atomic mass is 9.96. The van der Waals surface area contributed by atoms with E-state index in [2.05, 4.69) is 20.4 Å². The lowest BCUT2D eigenvalue weighted by Crippen LogP contribution is -2.24. The van der Waals surface area contributed by atoms with Gasteiger partial charge in [0.2, 0.25) is 5.16 Å². The van der Waals surface area contributed by atoms with Gasteiger partial charge in [0.1, 0.15) is 5.01 Å². The van der Waals surface area contributed by atoms with Crippen LogP contribution in [0.25, 0.3) is 0 Å². The molecule has 2 rings (SSSR count). The average molecular weight is 300 g/mol. The van der Waals surface area contributed by atoms with E-state index < -0.39 is 0 Å². The van der Waals surface area contributed by atoms with Crippen molar-refractivity contribution in [2.24, 2.45) is 0 Å². The van der Waals surface area contributed by atoms with E-state index in [0.717, 1.165) is 10.8 Å². The highest BCUT2D eigenvalue weighted by Gasteiger charge is 2.23. The zero-order valence-corrected chi connectivity index (χ0v) is 12.9. The Morgan fingerprint density at radius 3 is 2.53 bits per heavy atom.